The molecule has 0 spiro atoms. The Morgan fingerprint density at radius 1 is 1.29 bits per heavy atom. The summed E-state index contributed by atoms with van der Waals surface area (Å²) >= 11 is 0. The standard InChI is InChI=1S/C13H21F3N2O3/c1-3-12(2,10(19)20)8-17-11(21)18-6-4-9(5-7-18)13(14,15)16/h9H,3-8H2,1-2H3,(H,17,21)(H,19,20). The van der Waals surface area contributed by atoms with Gasteiger partial charge in [-0.2, -0.15) is 13.2 Å². The molecule has 1 fully saturated rings. The fourth-order valence-electron chi connectivity index (χ4n) is 2.14. The van der Waals surface area contributed by atoms with Crippen LogP contribution in [0.25, 0.3) is 0 Å². The first-order valence-corrected chi connectivity index (χ1v) is 6.93. The summed E-state index contributed by atoms with van der Waals surface area (Å²) in [4.78, 5) is 24.3. The Kier molecular flexibility index (Phi) is 5.47. The van der Waals surface area contributed by atoms with Crippen LogP contribution >= 0.6 is 0 Å². The number of likely N-dealkylation sites (tertiary alicyclic amines) is 1. The Labute approximate surface area is 121 Å². The first kappa shape index (κ1) is 17.6. The average Bonchev–Trinajstić information content (AvgIpc) is 2.43. The van der Waals surface area contributed by atoms with E-state index in [1.807, 2.05) is 0 Å². The van der Waals surface area contributed by atoms with Gasteiger partial charge in [-0.25, -0.2) is 4.79 Å². The van der Waals surface area contributed by atoms with Gasteiger partial charge in [0.1, 0.15) is 0 Å². The molecule has 8 heteroatoms. The number of amides is 2. The average molecular weight is 310 g/mol. The SMILES string of the molecule is CCC(C)(CNC(=O)N1CCC(C(F)(F)F)CC1)C(=O)O. The molecule has 1 aliphatic rings. The molecule has 0 radical (unpaired) electrons. The van der Waals surface area contributed by atoms with Crippen LogP contribution in [0.1, 0.15) is 33.1 Å². The Morgan fingerprint density at radius 2 is 1.81 bits per heavy atom. The zero-order valence-corrected chi connectivity index (χ0v) is 12.2. The molecule has 0 bridgehead atoms. The van der Waals surface area contributed by atoms with E-state index in [1.54, 1.807) is 6.92 Å². The second-order valence-corrected chi connectivity index (χ2v) is 5.68. The number of carboxylic acids is 1. The molecule has 0 saturated carbocycles. The zero-order valence-electron chi connectivity index (χ0n) is 12.2. The number of urea groups is 1. The first-order chi connectivity index (χ1) is 9.60. The second kappa shape index (κ2) is 6.53. The highest BCUT2D eigenvalue weighted by Crippen LogP contribution is 2.34. The van der Waals surface area contributed by atoms with Crippen LogP contribution in [-0.2, 0) is 4.79 Å². The van der Waals surface area contributed by atoms with E-state index < -0.39 is 29.5 Å². The third-order valence-corrected chi connectivity index (χ3v) is 4.17. The molecule has 0 aliphatic carbocycles. The van der Waals surface area contributed by atoms with Crippen molar-refractivity contribution in [1.82, 2.24) is 10.2 Å². The molecule has 2 N–H and O–H groups in total. The van der Waals surface area contributed by atoms with Crippen LogP contribution in [0.15, 0.2) is 0 Å². The van der Waals surface area contributed by atoms with Gasteiger partial charge in [0.2, 0.25) is 0 Å². The van der Waals surface area contributed by atoms with E-state index in [0.717, 1.165) is 0 Å². The minimum absolute atomic E-state index is 0.0337. The van der Waals surface area contributed by atoms with Crippen molar-refractivity contribution >= 4 is 12.0 Å². The van der Waals surface area contributed by atoms with Gasteiger partial charge >= 0.3 is 18.2 Å². The summed E-state index contributed by atoms with van der Waals surface area (Å²) in [5.41, 5.74) is -1.07. The topological polar surface area (TPSA) is 69.6 Å². The molecule has 0 aromatic carbocycles. The van der Waals surface area contributed by atoms with E-state index in [1.165, 1.54) is 11.8 Å². The van der Waals surface area contributed by atoms with Crippen molar-refractivity contribution in [2.24, 2.45) is 11.3 Å². The van der Waals surface area contributed by atoms with Crippen LogP contribution in [0.5, 0.6) is 0 Å². The lowest BCUT2D eigenvalue weighted by Crippen LogP contribution is -2.49. The lowest BCUT2D eigenvalue weighted by Gasteiger charge is -2.33. The maximum Gasteiger partial charge on any atom is 0.391 e. The van der Waals surface area contributed by atoms with Crippen LogP contribution in [0, 0.1) is 11.3 Å². The summed E-state index contributed by atoms with van der Waals surface area (Å²) in [6, 6.07) is -0.503. The monoisotopic (exact) mass is 310 g/mol. The molecule has 1 aliphatic heterocycles. The molecule has 122 valence electrons. The third kappa shape index (κ3) is 4.50. The fourth-order valence-corrected chi connectivity index (χ4v) is 2.14. The highest BCUT2D eigenvalue weighted by Gasteiger charge is 2.42. The lowest BCUT2D eigenvalue weighted by molar-refractivity contribution is -0.183. The van der Waals surface area contributed by atoms with Gasteiger partial charge in [-0.1, -0.05) is 6.92 Å². The Balaban J connectivity index is 2.47. The van der Waals surface area contributed by atoms with Gasteiger partial charge in [0.15, 0.2) is 0 Å². The Bertz CT molecular complexity index is 393. The molecule has 1 atom stereocenters. The number of carbonyl (C=O) groups excluding carboxylic acids is 1. The number of alkyl halides is 3. The Morgan fingerprint density at radius 3 is 2.19 bits per heavy atom. The molecule has 1 heterocycles. The van der Waals surface area contributed by atoms with Crippen molar-refractivity contribution in [1.29, 1.82) is 0 Å². The number of aliphatic carboxylic acids is 1. The van der Waals surface area contributed by atoms with Gasteiger partial charge in [0.25, 0.3) is 0 Å². The van der Waals surface area contributed by atoms with Crippen LogP contribution < -0.4 is 5.32 Å². The molecule has 1 rings (SSSR count). The predicted molar refractivity (Wildman–Crippen MR) is 69.8 cm³/mol. The van der Waals surface area contributed by atoms with Crippen LogP contribution in [0.4, 0.5) is 18.0 Å². The zero-order chi connectivity index (χ0) is 16.3. The number of hydrogen-bond acceptors (Lipinski definition) is 2. The normalized spacial score (nSPS) is 20.0. The number of halogens is 3. The Hall–Kier alpha value is -1.47. The highest BCUT2D eigenvalue weighted by atomic mass is 19.4. The van der Waals surface area contributed by atoms with Crippen LogP contribution in [0.2, 0.25) is 0 Å². The van der Waals surface area contributed by atoms with Crippen molar-refractivity contribution in [2.75, 3.05) is 19.6 Å². The van der Waals surface area contributed by atoms with Crippen molar-refractivity contribution in [3.63, 3.8) is 0 Å². The minimum Gasteiger partial charge on any atom is -0.481 e. The van der Waals surface area contributed by atoms with E-state index in [0.29, 0.717) is 6.42 Å². The molecule has 21 heavy (non-hydrogen) atoms. The summed E-state index contributed by atoms with van der Waals surface area (Å²) in [5.74, 6) is -2.37. The number of piperidine rings is 1. The van der Waals surface area contributed by atoms with Crippen molar-refractivity contribution in [3.8, 4) is 0 Å². The number of carbonyl (C=O) groups is 2. The van der Waals surface area contributed by atoms with Gasteiger partial charge in [-0.15, -0.1) is 0 Å². The van der Waals surface area contributed by atoms with Gasteiger partial charge < -0.3 is 15.3 Å². The molecule has 0 aromatic rings. The van der Waals surface area contributed by atoms with Gasteiger partial charge in [0, 0.05) is 19.6 Å². The van der Waals surface area contributed by atoms with Gasteiger partial charge in [-0.3, -0.25) is 4.79 Å². The van der Waals surface area contributed by atoms with Gasteiger partial charge in [0.05, 0.1) is 11.3 Å². The lowest BCUT2D eigenvalue weighted by atomic mass is 9.88. The molecule has 0 aromatic heterocycles. The van der Waals surface area contributed by atoms with E-state index in [2.05, 4.69) is 5.32 Å². The molecular formula is C13H21F3N2O3. The van der Waals surface area contributed by atoms with E-state index in [-0.39, 0.29) is 32.5 Å². The number of carboxylic acid groups (broad SMARTS) is 1. The number of hydrogen-bond donors (Lipinski definition) is 2. The molecule has 2 amide bonds. The highest BCUT2D eigenvalue weighted by molar-refractivity contribution is 5.77. The second-order valence-electron chi connectivity index (χ2n) is 5.68. The smallest absolute Gasteiger partial charge is 0.391 e. The molecular weight excluding hydrogens is 289 g/mol. The summed E-state index contributed by atoms with van der Waals surface area (Å²) < 4.78 is 37.6. The fraction of sp³-hybridized carbons (Fsp3) is 0.846. The maximum atomic E-state index is 12.5. The van der Waals surface area contributed by atoms with Crippen molar-refractivity contribution < 1.29 is 27.9 Å². The largest absolute Gasteiger partial charge is 0.481 e. The van der Waals surface area contributed by atoms with E-state index in [4.69, 9.17) is 5.11 Å². The minimum atomic E-state index is -4.22. The van der Waals surface area contributed by atoms with Crippen molar-refractivity contribution in [2.45, 2.75) is 39.3 Å². The van der Waals surface area contributed by atoms with Gasteiger partial charge in [-0.05, 0) is 26.2 Å². The van der Waals surface area contributed by atoms with Crippen LogP contribution in [0.3, 0.4) is 0 Å². The summed E-state index contributed by atoms with van der Waals surface area (Å²) in [6.45, 7) is 3.25. The molecule has 1 unspecified atom stereocenters. The third-order valence-electron chi connectivity index (χ3n) is 4.17. The van der Waals surface area contributed by atoms with Crippen LogP contribution in [-0.4, -0.2) is 47.8 Å². The maximum absolute atomic E-state index is 12.5. The molecule has 5 nitrogen and oxygen atoms in total. The van der Waals surface area contributed by atoms with E-state index >= 15 is 0 Å². The van der Waals surface area contributed by atoms with Crippen molar-refractivity contribution in [3.05, 3.63) is 0 Å². The summed E-state index contributed by atoms with van der Waals surface area (Å²) in [7, 11) is 0. The quantitative estimate of drug-likeness (QED) is 0.838. The summed E-state index contributed by atoms with van der Waals surface area (Å²) in [5, 5.41) is 11.6. The number of rotatable bonds is 4. The summed E-state index contributed by atoms with van der Waals surface area (Å²) in [6.07, 6.45) is -4.09. The number of nitrogens with one attached hydrogen (secondary N) is 1. The number of nitrogens with zero attached hydrogens (tertiary/aromatic N) is 1. The molecule has 1 saturated heterocycles. The first-order valence-electron chi connectivity index (χ1n) is 6.93. The predicted octanol–water partition coefficient (Wildman–Crippen LogP) is 2.47. The van der Waals surface area contributed by atoms with E-state index in [9.17, 15) is 22.8 Å².